The molecule has 0 bridgehead atoms. The van der Waals surface area contributed by atoms with Crippen molar-refractivity contribution in [2.75, 3.05) is 4.90 Å². The second kappa shape index (κ2) is 7.69. The monoisotopic (exact) mass is 473 g/mol. The number of alkyl halides is 2. The van der Waals surface area contributed by atoms with E-state index in [2.05, 4.69) is 0 Å². The summed E-state index contributed by atoms with van der Waals surface area (Å²) in [6.07, 6.45) is 0. The summed E-state index contributed by atoms with van der Waals surface area (Å²) < 4.78 is -2.39. The van der Waals surface area contributed by atoms with Gasteiger partial charge >= 0.3 is 12.1 Å². The molecule has 2 N–H and O–H groups in total. The van der Waals surface area contributed by atoms with Crippen molar-refractivity contribution >= 4 is 70.1 Å². The van der Waals surface area contributed by atoms with Crippen LogP contribution in [0.25, 0.3) is 11.1 Å². The molecule has 0 aromatic heterocycles. The zero-order chi connectivity index (χ0) is 21.7. The highest BCUT2D eigenvalue weighted by atomic mass is 35.5. The highest BCUT2D eigenvalue weighted by Gasteiger charge is 2.59. The lowest BCUT2D eigenvalue weighted by Gasteiger charge is -2.29. The van der Waals surface area contributed by atoms with Crippen molar-refractivity contribution in [3.05, 3.63) is 52.0 Å². The molecule has 5 amide bonds. The quantitative estimate of drug-likeness (QED) is 0.348. The van der Waals surface area contributed by atoms with E-state index < -0.39 is 22.4 Å². The Hall–Kier alpha value is -1.99. The number of amides is 5. The van der Waals surface area contributed by atoms with Crippen molar-refractivity contribution in [3.8, 4) is 11.1 Å². The number of imide groups is 3. The Morgan fingerprint density at radius 2 is 1.69 bits per heavy atom. The maximum Gasteiger partial charge on any atom is 0.342 e. The Kier molecular flexibility index (Phi) is 5.75. The molecule has 1 aliphatic heterocycles. The number of nitrogens with zero attached hydrogens (tertiary/aromatic N) is 2. The summed E-state index contributed by atoms with van der Waals surface area (Å²) in [6, 6.07) is 8.17. The molecule has 0 atom stereocenters. The predicted octanol–water partition coefficient (Wildman–Crippen LogP) is 5.76. The van der Waals surface area contributed by atoms with Crippen LogP contribution in [-0.2, 0) is 4.79 Å². The van der Waals surface area contributed by atoms with Crippen LogP contribution in [0.3, 0.4) is 0 Å². The molecule has 10 heteroatoms. The summed E-state index contributed by atoms with van der Waals surface area (Å²) in [6.45, 7) is 3.74. The fourth-order valence-electron chi connectivity index (χ4n) is 3.27. The number of hydrogen-bond acceptors (Lipinski definition) is 3. The van der Waals surface area contributed by atoms with E-state index in [0.29, 0.717) is 11.1 Å². The molecule has 6 nitrogen and oxygen atoms in total. The zero-order valence-corrected chi connectivity index (χ0v) is 18.3. The lowest BCUT2D eigenvalue weighted by atomic mass is 9.90. The minimum atomic E-state index is -2.39. The van der Waals surface area contributed by atoms with Gasteiger partial charge in [0.25, 0.3) is 10.4 Å². The highest BCUT2D eigenvalue weighted by Crippen LogP contribution is 2.49. The van der Waals surface area contributed by atoms with Gasteiger partial charge < -0.3 is 5.73 Å². The van der Waals surface area contributed by atoms with E-state index in [1.807, 2.05) is 44.2 Å². The number of urea groups is 2. The van der Waals surface area contributed by atoms with Crippen LogP contribution in [0.15, 0.2) is 36.4 Å². The molecule has 1 aliphatic rings. The van der Waals surface area contributed by atoms with Crippen molar-refractivity contribution in [1.82, 2.24) is 4.90 Å². The fraction of sp³-hybridized carbons (Fsp3) is 0.211. The van der Waals surface area contributed by atoms with Gasteiger partial charge in [0, 0.05) is 5.56 Å². The number of carbonyl (C=O) groups excluding carboxylic acids is 3. The number of rotatable bonds is 3. The Morgan fingerprint density at radius 3 is 2.17 bits per heavy atom. The van der Waals surface area contributed by atoms with E-state index in [4.69, 9.17) is 52.1 Å². The van der Waals surface area contributed by atoms with Crippen LogP contribution < -0.4 is 10.6 Å². The van der Waals surface area contributed by atoms with Gasteiger partial charge in [-0.3, -0.25) is 9.69 Å². The largest absolute Gasteiger partial charge is 0.351 e. The van der Waals surface area contributed by atoms with E-state index in [1.54, 1.807) is 0 Å². The molecule has 29 heavy (non-hydrogen) atoms. The van der Waals surface area contributed by atoms with Crippen LogP contribution in [0.1, 0.15) is 25.3 Å². The molecule has 0 spiro atoms. The van der Waals surface area contributed by atoms with Crippen molar-refractivity contribution in [2.24, 2.45) is 5.73 Å². The zero-order valence-electron chi connectivity index (χ0n) is 15.2. The van der Waals surface area contributed by atoms with E-state index >= 15 is 0 Å². The van der Waals surface area contributed by atoms with Gasteiger partial charge in [-0.05, 0) is 23.1 Å². The number of carbonyl (C=O) groups is 3. The first-order valence-electron chi connectivity index (χ1n) is 8.43. The van der Waals surface area contributed by atoms with Gasteiger partial charge in [-0.1, -0.05) is 90.6 Å². The third kappa shape index (κ3) is 3.44. The van der Waals surface area contributed by atoms with Crippen LogP contribution in [0.5, 0.6) is 0 Å². The number of benzene rings is 2. The Bertz CT molecular complexity index is 1030. The summed E-state index contributed by atoms with van der Waals surface area (Å²) >= 11 is 25.3. The van der Waals surface area contributed by atoms with E-state index in [0.717, 1.165) is 10.5 Å². The van der Waals surface area contributed by atoms with Gasteiger partial charge in [0.05, 0.1) is 15.7 Å². The first-order chi connectivity index (χ1) is 13.5. The van der Waals surface area contributed by atoms with Crippen LogP contribution in [0.4, 0.5) is 15.3 Å². The summed E-state index contributed by atoms with van der Waals surface area (Å²) in [5, 5.41) is 0.386. The molecule has 0 unspecified atom stereocenters. The standard InChI is InChI=1S/C19H15Cl4N3O3/c1-9(2)13-12(26-18(29)25(17(24)28)16(27)19(26,22)23)8-11(20)15(21)14(13)10-6-4-3-5-7-10/h3-9H,1-2H3,(H2,24,28). The fourth-order valence-corrected chi connectivity index (χ4v) is 4.23. The summed E-state index contributed by atoms with van der Waals surface area (Å²) in [4.78, 5) is 38.0. The van der Waals surface area contributed by atoms with Crippen LogP contribution in [-0.4, -0.2) is 27.3 Å². The van der Waals surface area contributed by atoms with Gasteiger partial charge in [-0.15, -0.1) is 0 Å². The predicted molar refractivity (Wildman–Crippen MR) is 115 cm³/mol. The van der Waals surface area contributed by atoms with Crippen LogP contribution in [0, 0.1) is 0 Å². The third-order valence-corrected chi connectivity index (χ3v) is 5.91. The minimum absolute atomic E-state index is 0.117. The van der Waals surface area contributed by atoms with Crippen molar-refractivity contribution < 1.29 is 14.4 Å². The lowest BCUT2D eigenvalue weighted by Crippen LogP contribution is -2.41. The number of hydrogen-bond donors (Lipinski definition) is 1. The second-order valence-electron chi connectivity index (χ2n) is 6.64. The Morgan fingerprint density at radius 1 is 1.10 bits per heavy atom. The number of halogens is 4. The van der Waals surface area contributed by atoms with Gasteiger partial charge in [0.2, 0.25) is 0 Å². The molecule has 0 saturated carbocycles. The number of anilines is 1. The maximum absolute atomic E-state index is 12.9. The van der Waals surface area contributed by atoms with Crippen molar-refractivity contribution in [2.45, 2.75) is 24.2 Å². The summed E-state index contributed by atoms with van der Waals surface area (Å²) in [5.41, 5.74) is 7.19. The molecule has 2 aromatic rings. The molecule has 1 fully saturated rings. The highest BCUT2D eigenvalue weighted by molar-refractivity contribution is 6.64. The minimum Gasteiger partial charge on any atom is -0.351 e. The summed E-state index contributed by atoms with van der Waals surface area (Å²) in [7, 11) is 0. The van der Waals surface area contributed by atoms with Crippen LogP contribution in [0.2, 0.25) is 10.0 Å². The number of primary amides is 1. The van der Waals surface area contributed by atoms with Crippen LogP contribution >= 0.6 is 46.4 Å². The molecule has 0 radical (unpaired) electrons. The first kappa shape index (κ1) is 21.7. The van der Waals surface area contributed by atoms with Gasteiger partial charge in [-0.2, -0.15) is 4.90 Å². The third-order valence-electron chi connectivity index (χ3n) is 4.46. The van der Waals surface area contributed by atoms with Crippen molar-refractivity contribution in [1.29, 1.82) is 0 Å². The molecule has 152 valence electrons. The summed E-state index contributed by atoms with van der Waals surface area (Å²) in [5.74, 6) is -1.36. The SMILES string of the molecule is CC(C)c1c(N2C(=O)N(C(N)=O)C(=O)C2(Cl)Cl)cc(Cl)c(Cl)c1-c1ccccc1. The lowest BCUT2D eigenvalue weighted by molar-refractivity contribution is -0.124. The smallest absolute Gasteiger partial charge is 0.342 e. The normalized spacial score (nSPS) is 16.1. The second-order valence-corrected chi connectivity index (χ2v) is 8.71. The van der Waals surface area contributed by atoms with E-state index in [1.165, 1.54) is 6.07 Å². The van der Waals surface area contributed by atoms with Gasteiger partial charge in [-0.25, -0.2) is 9.59 Å². The Balaban J connectivity index is 2.36. The number of nitrogens with two attached hydrogens (primary N) is 1. The average Bonchev–Trinajstić information content (AvgIpc) is 2.82. The van der Waals surface area contributed by atoms with Crippen molar-refractivity contribution in [3.63, 3.8) is 0 Å². The molecular formula is C19H15Cl4N3O3. The molecule has 0 aliphatic carbocycles. The van der Waals surface area contributed by atoms with E-state index in [9.17, 15) is 14.4 Å². The molecule has 1 saturated heterocycles. The maximum atomic E-state index is 12.9. The first-order valence-corrected chi connectivity index (χ1v) is 9.94. The molecular weight excluding hydrogens is 460 g/mol. The molecule has 2 aromatic carbocycles. The van der Waals surface area contributed by atoms with E-state index in [-0.39, 0.29) is 26.6 Å². The van der Waals surface area contributed by atoms with Gasteiger partial charge in [0.1, 0.15) is 0 Å². The average molecular weight is 475 g/mol. The van der Waals surface area contributed by atoms with Gasteiger partial charge in [0.15, 0.2) is 0 Å². The Labute approximate surface area is 187 Å². The topological polar surface area (TPSA) is 83.7 Å². The molecule has 1 heterocycles. The molecule has 3 rings (SSSR count).